The summed E-state index contributed by atoms with van der Waals surface area (Å²) in [6, 6.07) is 15.7. The van der Waals surface area contributed by atoms with Crippen molar-refractivity contribution in [2.24, 2.45) is 0 Å². The fourth-order valence-electron chi connectivity index (χ4n) is 2.57. The molecule has 0 bridgehead atoms. The van der Waals surface area contributed by atoms with Crippen LogP contribution in [0.15, 0.2) is 59.6 Å². The lowest BCUT2D eigenvalue weighted by molar-refractivity contribution is 0.150. The number of nitrogens with zero attached hydrogens (tertiary/aromatic N) is 3. The maximum absolute atomic E-state index is 12.8. The van der Waals surface area contributed by atoms with Crippen molar-refractivity contribution in [2.75, 3.05) is 0 Å². The number of aromatic nitrogens is 3. The summed E-state index contributed by atoms with van der Waals surface area (Å²) in [5, 5.41) is 8.24. The first-order chi connectivity index (χ1) is 12.6. The van der Waals surface area contributed by atoms with E-state index >= 15 is 0 Å². The van der Waals surface area contributed by atoms with Crippen LogP contribution in [-0.4, -0.2) is 14.6 Å². The van der Waals surface area contributed by atoms with Gasteiger partial charge in [-0.05, 0) is 23.8 Å². The van der Waals surface area contributed by atoms with Gasteiger partial charge in [0.05, 0.1) is 16.2 Å². The Bertz CT molecular complexity index is 1050. The van der Waals surface area contributed by atoms with Crippen LogP contribution in [0.3, 0.4) is 0 Å². The third-order valence-electron chi connectivity index (χ3n) is 3.78. The molecule has 1 aromatic carbocycles. The molecule has 0 atom stereocenters. The van der Waals surface area contributed by atoms with Gasteiger partial charge in [0, 0.05) is 16.8 Å². The van der Waals surface area contributed by atoms with E-state index < -0.39 is 6.43 Å². The molecule has 0 aliphatic rings. The summed E-state index contributed by atoms with van der Waals surface area (Å²) in [4.78, 5) is 0.988. The van der Waals surface area contributed by atoms with Gasteiger partial charge in [-0.2, -0.15) is 0 Å². The predicted octanol–water partition coefficient (Wildman–Crippen LogP) is 6.34. The first-order valence-electron chi connectivity index (χ1n) is 7.71. The highest BCUT2D eigenvalue weighted by Gasteiger charge is 2.17. The van der Waals surface area contributed by atoms with E-state index in [-0.39, 0.29) is 5.01 Å². The number of fused-ring (bicyclic) bond motifs is 1. The van der Waals surface area contributed by atoms with Gasteiger partial charge in [-0.25, -0.2) is 8.78 Å². The van der Waals surface area contributed by atoms with Crippen LogP contribution in [0, 0.1) is 0 Å². The van der Waals surface area contributed by atoms with Crippen molar-refractivity contribution >= 4 is 40.2 Å². The molecule has 0 fully saturated rings. The third kappa shape index (κ3) is 3.47. The minimum Gasteiger partial charge on any atom is -0.312 e. The van der Waals surface area contributed by atoms with Crippen LogP contribution in [0.4, 0.5) is 8.78 Å². The van der Waals surface area contributed by atoms with Crippen LogP contribution in [0.5, 0.6) is 0 Å². The van der Waals surface area contributed by atoms with Gasteiger partial charge in [0.1, 0.15) is 0 Å². The van der Waals surface area contributed by atoms with Crippen molar-refractivity contribution < 1.29 is 8.78 Å². The van der Waals surface area contributed by atoms with Crippen LogP contribution >= 0.6 is 34.7 Å². The third-order valence-corrected chi connectivity index (χ3v) is 6.07. The SMILES string of the molecule is FC(F)c1nnc(-c2ccc3c(Cl)cc(SCc4ccccc4)cn23)s1. The first kappa shape index (κ1) is 17.5. The van der Waals surface area contributed by atoms with Crippen molar-refractivity contribution in [1.82, 2.24) is 14.6 Å². The molecule has 3 aromatic heterocycles. The minimum atomic E-state index is -2.62. The Morgan fingerprint density at radius 3 is 2.65 bits per heavy atom. The molecule has 3 heterocycles. The molecule has 0 spiro atoms. The number of benzene rings is 1. The monoisotopic (exact) mass is 407 g/mol. The molecule has 0 N–H and O–H groups in total. The second kappa shape index (κ2) is 7.34. The molecule has 3 nitrogen and oxygen atoms in total. The highest BCUT2D eigenvalue weighted by Crippen LogP contribution is 2.34. The fraction of sp³-hybridized carbons (Fsp3) is 0.111. The number of alkyl halides is 2. The standard InChI is InChI=1S/C18H12ClF2N3S2/c19-13-8-12(25-10-11-4-2-1-3-5-11)9-24-14(13)6-7-15(24)17-22-23-18(26-17)16(20)21/h1-9,16H,10H2. The van der Waals surface area contributed by atoms with E-state index in [9.17, 15) is 8.78 Å². The molecule has 132 valence electrons. The molecule has 26 heavy (non-hydrogen) atoms. The molecule has 0 saturated carbocycles. The highest BCUT2D eigenvalue weighted by molar-refractivity contribution is 7.98. The van der Waals surface area contributed by atoms with Gasteiger partial charge in [0.2, 0.25) is 0 Å². The van der Waals surface area contributed by atoms with Crippen molar-refractivity contribution in [3.05, 3.63) is 70.3 Å². The van der Waals surface area contributed by atoms with E-state index in [1.807, 2.05) is 47.0 Å². The van der Waals surface area contributed by atoms with Crippen LogP contribution in [-0.2, 0) is 5.75 Å². The summed E-state index contributed by atoms with van der Waals surface area (Å²) in [7, 11) is 0. The van der Waals surface area contributed by atoms with Gasteiger partial charge in [0.25, 0.3) is 6.43 Å². The molecule has 0 saturated heterocycles. The van der Waals surface area contributed by atoms with Crippen molar-refractivity contribution in [1.29, 1.82) is 0 Å². The maximum Gasteiger partial charge on any atom is 0.291 e. The highest BCUT2D eigenvalue weighted by atomic mass is 35.5. The van der Waals surface area contributed by atoms with Gasteiger partial charge >= 0.3 is 0 Å². The summed E-state index contributed by atoms with van der Waals surface area (Å²) in [5.41, 5.74) is 2.72. The number of halogens is 3. The lowest BCUT2D eigenvalue weighted by atomic mass is 10.2. The molecule has 0 unspecified atom stereocenters. The number of pyridine rings is 1. The fourth-order valence-corrected chi connectivity index (χ4v) is 4.53. The Labute approximate surface area is 161 Å². The van der Waals surface area contributed by atoms with Gasteiger partial charge in [-0.3, -0.25) is 0 Å². The molecule has 4 rings (SSSR count). The summed E-state index contributed by atoms with van der Waals surface area (Å²) in [5.74, 6) is 0.813. The Morgan fingerprint density at radius 1 is 1.12 bits per heavy atom. The number of rotatable bonds is 5. The Balaban J connectivity index is 1.68. The van der Waals surface area contributed by atoms with E-state index in [1.165, 1.54) is 5.56 Å². The number of thioether (sulfide) groups is 1. The Kier molecular flexibility index (Phi) is 4.93. The predicted molar refractivity (Wildman–Crippen MR) is 102 cm³/mol. The molecule has 4 aromatic rings. The topological polar surface area (TPSA) is 30.2 Å². The van der Waals surface area contributed by atoms with E-state index in [0.29, 0.717) is 15.7 Å². The molecule has 8 heteroatoms. The second-order valence-corrected chi connectivity index (χ2v) is 7.98. The Morgan fingerprint density at radius 2 is 1.92 bits per heavy atom. The van der Waals surface area contributed by atoms with Gasteiger partial charge in [-0.15, -0.1) is 22.0 Å². The minimum absolute atomic E-state index is 0.282. The van der Waals surface area contributed by atoms with E-state index in [2.05, 4.69) is 22.3 Å². The van der Waals surface area contributed by atoms with Gasteiger partial charge < -0.3 is 4.40 Å². The zero-order valence-corrected chi connectivity index (χ0v) is 15.7. The lowest BCUT2D eigenvalue weighted by Crippen LogP contribution is -1.90. The average molecular weight is 408 g/mol. The molecule has 0 amide bonds. The van der Waals surface area contributed by atoms with Crippen LogP contribution in [0.1, 0.15) is 17.0 Å². The molecular weight excluding hydrogens is 396 g/mol. The van der Waals surface area contributed by atoms with Crippen LogP contribution in [0.25, 0.3) is 16.2 Å². The van der Waals surface area contributed by atoms with Crippen molar-refractivity contribution in [2.45, 2.75) is 17.1 Å². The number of hydrogen-bond donors (Lipinski definition) is 0. The van der Waals surface area contributed by atoms with Gasteiger partial charge in [-0.1, -0.05) is 53.3 Å². The van der Waals surface area contributed by atoms with E-state index in [1.54, 1.807) is 11.8 Å². The Hall–Kier alpha value is -1.96. The summed E-state index contributed by atoms with van der Waals surface area (Å²) in [6.45, 7) is 0. The second-order valence-electron chi connectivity index (χ2n) is 5.52. The summed E-state index contributed by atoms with van der Waals surface area (Å²) in [6.07, 6.45) is -0.666. The molecule has 0 aliphatic carbocycles. The maximum atomic E-state index is 12.8. The van der Waals surface area contributed by atoms with Crippen molar-refractivity contribution in [3.63, 3.8) is 0 Å². The largest absolute Gasteiger partial charge is 0.312 e. The normalized spacial score (nSPS) is 11.5. The van der Waals surface area contributed by atoms with Gasteiger partial charge in [0.15, 0.2) is 10.0 Å². The molecule has 0 radical (unpaired) electrons. The van der Waals surface area contributed by atoms with E-state index in [4.69, 9.17) is 11.6 Å². The lowest BCUT2D eigenvalue weighted by Gasteiger charge is -2.07. The van der Waals surface area contributed by atoms with Crippen LogP contribution < -0.4 is 0 Å². The average Bonchev–Trinajstić information content (AvgIpc) is 3.28. The zero-order chi connectivity index (χ0) is 18.1. The van der Waals surface area contributed by atoms with Crippen LogP contribution in [0.2, 0.25) is 5.02 Å². The summed E-state index contributed by atoms with van der Waals surface area (Å²) >= 11 is 8.97. The molecular formula is C18H12ClF2N3S2. The quantitative estimate of drug-likeness (QED) is 0.361. The summed E-state index contributed by atoms with van der Waals surface area (Å²) < 4.78 is 27.5. The number of hydrogen-bond acceptors (Lipinski definition) is 4. The molecule has 0 aliphatic heterocycles. The first-order valence-corrected chi connectivity index (χ1v) is 9.89. The van der Waals surface area contributed by atoms with Crippen molar-refractivity contribution in [3.8, 4) is 10.7 Å². The smallest absolute Gasteiger partial charge is 0.291 e. The van der Waals surface area contributed by atoms with E-state index in [0.717, 1.165) is 27.5 Å². The zero-order valence-electron chi connectivity index (χ0n) is 13.3.